The van der Waals surface area contributed by atoms with Gasteiger partial charge in [-0.05, 0) is 13.8 Å². The van der Waals surface area contributed by atoms with E-state index >= 15 is 0 Å². The fourth-order valence-corrected chi connectivity index (χ4v) is 5.55. The topological polar surface area (TPSA) is 124 Å². The van der Waals surface area contributed by atoms with Crippen molar-refractivity contribution in [3.8, 4) is 0 Å². The second-order valence-corrected chi connectivity index (χ2v) is 9.17. The third kappa shape index (κ3) is 3.23. The van der Waals surface area contributed by atoms with Crippen LogP contribution in [0.4, 0.5) is 0 Å². The van der Waals surface area contributed by atoms with Crippen LogP contribution in [0.25, 0.3) is 0 Å². The largest absolute Gasteiger partial charge is 0.494 e. The van der Waals surface area contributed by atoms with Crippen LogP contribution in [-0.4, -0.2) is 61.5 Å². The molecule has 32 heavy (non-hydrogen) atoms. The van der Waals surface area contributed by atoms with Gasteiger partial charge in [0.1, 0.15) is 49.1 Å². The highest BCUT2D eigenvalue weighted by Crippen LogP contribution is 2.54. The molecule has 5 aliphatic rings. The Morgan fingerprint density at radius 1 is 0.656 bits per heavy atom. The first-order valence-corrected chi connectivity index (χ1v) is 10.7. The second-order valence-electron chi connectivity index (χ2n) is 9.17. The Labute approximate surface area is 183 Å². The van der Waals surface area contributed by atoms with Crippen molar-refractivity contribution in [2.24, 2.45) is 23.7 Å². The number of esters is 4. The van der Waals surface area contributed by atoms with Crippen LogP contribution in [0, 0.1) is 23.7 Å². The third-order valence-electron chi connectivity index (χ3n) is 6.97. The van der Waals surface area contributed by atoms with Crippen LogP contribution in [0.5, 0.6) is 0 Å². The zero-order chi connectivity index (χ0) is 22.7. The lowest BCUT2D eigenvalue weighted by Crippen LogP contribution is -2.60. The van der Waals surface area contributed by atoms with Crippen molar-refractivity contribution in [1.29, 1.82) is 0 Å². The molecule has 3 heterocycles. The number of carbonyl (C=O) groups is 4. The van der Waals surface area contributed by atoms with Crippen LogP contribution in [0.1, 0.15) is 26.7 Å². The van der Waals surface area contributed by atoms with Crippen LogP contribution in [-0.2, 0) is 47.6 Å². The molecule has 10 heteroatoms. The van der Waals surface area contributed by atoms with Crippen molar-refractivity contribution >= 4 is 23.9 Å². The summed E-state index contributed by atoms with van der Waals surface area (Å²) in [7, 11) is 0. The predicted molar refractivity (Wildman–Crippen MR) is 102 cm³/mol. The highest BCUT2D eigenvalue weighted by Gasteiger charge is 2.62. The Bertz CT molecular complexity index is 874. The highest BCUT2D eigenvalue weighted by atomic mass is 16.6. The van der Waals surface area contributed by atoms with E-state index in [-0.39, 0.29) is 26.4 Å². The maximum atomic E-state index is 12.6. The van der Waals surface area contributed by atoms with Gasteiger partial charge in [0.2, 0.25) is 0 Å². The van der Waals surface area contributed by atoms with Crippen molar-refractivity contribution in [1.82, 2.24) is 0 Å². The molecule has 0 amide bonds. The molecule has 172 valence electrons. The van der Waals surface area contributed by atoms with Crippen LogP contribution in [0.3, 0.4) is 0 Å². The molecule has 0 spiro atoms. The lowest BCUT2D eigenvalue weighted by Gasteiger charge is -2.53. The quantitative estimate of drug-likeness (QED) is 0.388. The van der Waals surface area contributed by atoms with Gasteiger partial charge in [-0.15, -0.1) is 0 Å². The molecule has 0 aromatic rings. The maximum Gasteiger partial charge on any atom is 0.334 e. The van der Waals surface area contributed by atoms with E-state index in [9.17, 15) is 19.2 Å². The van der Waals surface area contributed by atoms with E-state index in [1.165, 1.54) is 12.2 Å². The number of rotatable bonds is 0. The summed E-state index contributed by atoms with van der Waals surface area (Å²) in [6.45, 7) is 3.46. The minimum Gasteiger partial charge on any atom is -0.494 e. The smallest absolute Gasteiger partial charge is 0.334 e. The summed E-state index contributed by atoms with van der Waals surface area (Å²) in [6.07, 6.45) is 3.12. The molecule has 0 radical (unpaired) electrons. The van der Waals surface area contributed by atoms with Gasteiger partial charge in [0, 0.05) is 12.8 Å². The minimum atomic E-state index is -0.847. The van der Waals surface area contributed by atoms with Crippen molar-refractivity contribution in [2.75, 3.05) is 26.4 Å². The Kier molecular flexibility index (Phi) is 4.72. The first-order valence-electron chi connectivity index (χ1n) is 10.7. The molecule has 5 rings (SSSR count). The van der Waals surface area contributed by atoms with Crippen LogP contribution in [0.15, 0.2) is 23.7 Å². The fourth-order valence-electron chi connectivity index (χ4n) is 5.55. The fraction of sp³-hybridized carbons (Fsp3) is 0.636. The summed E-state index contributed by atoms with van der Waals surface area (Å²) >= 11 is 0. The van der Waals surface area contributed by atoms with E-state index < -0.39 is 58.8 Å². The minimum absolute atomic E-state index is 0.0679. The number of carbonyl (C=O) groups excluding carboxylic acids is 4. The standard InChI is InChI=1S/C22H24O10/c1-21-9-11-17(21)13(7-15(23)31-21)27-3-4-28-14-8-16(24)32-22(2)10-12(18(14)22)20(26)30-6-5-29-19(11)25/h7-8,11-12,17-18H,3-6,9-10H2,1-2H3. The third-order valence-corrected chi connectivity index (χ3v) is 6.97. The average molecular weight is 448 g/mol. The van der Waals surface area contributed by atoms with Gasteiger partial charge in [0.25, 0.3) is 0 Å². The molecule has 0 bridgehead atoms. The zero-order valence-electron chi connectivity index (χ0n) is 17.8. The van der Waals surface area contributed by atoms with Crippen molar-refractivity contribution in [3.63, 3.8) is 0 Å². The van der Waals surface area contributed by atoms with E-state index in [4.69, 9.17) is 28.4 Å². The Hall–Kier alpha value is -3.04. The molecule has 3 fully saturated rings. The van der Waals surface area contributed by atoms with Gasteiger partial charge < -0.3 is 28.4 Å². The summed E-state index contributed by atoms with van der Waals surface area (Å²) in [4.78, 5) is 49.1. The lowest BCUT2D eigenvalue weighted by molar-refractivity contribution is -0.208. The molecular weight excluding hydrogens is 424 g/mol. The van der Waals surface area contributed by atoms with Gasteiger partial charge in [-0.2, -0.15) is 0 Å². The van der Waals surface area contributed by atoms with E-state index in [1.54, 1.807) is 13.8 Å². The van der Waals surface area contributed by atoms with E-state index in [1.807, 2.05) is 0 Å². The average Bonchev–Trinajstić information content (AvgIpc) is 2.68. The molecule has 3 aliphatic heterocycles. The molecule has 0 aromatic carbocycles. The molecule has 10 nitrogen and oxygen atoms in total. The van der Waals surface area contributed by atoms with Gasteiger partial charge in [0.05, 0.1) is 35.8 Å². The molecule has 2 aliphatic carbocycles. The van der Waals surface area contributed by atoms with Crippen LogP contribution in [0.2, 0.25) is 0 Å². The van der Waals surface area contributed by atoms with Gasteiger partial charge in [-0.25, -0.2) is 9.59 Å². The summed E-state index contributed by atoms with van der Waals surface area (Å²) in [6, 6.07) is 0. The van der Waals surface area contributed by atoms with Crippen molar-refractivity contribution in [2.45, 2.75) is 37.9 Å². The van der Waals surface area contributed by atoms with E-state index in [2.05, 4.69) is 0 Å². The SMILES string of the molecule is CC12CC3C(=O)OCCOC(=O)C4CC5(C)OC(=O)C=C(OCCOC(=CC(=O)O1)C32)C45. The monoisotopic (exact) mass is 448 g/mol. The highest BCUT2D eigenvalue weighted by molar-refractivity contribution is 5.87. The van der Waals surface area contributed by atoms with E-state index in [0.717, 1.165) is 0 Å². The molecule has 6 unspecified atom stereocenters. The molecule has 6 atom stereocenters. The maximum absolute atomic E-state index is 12.6. The van der Waals surface area contributed by atoms with E-state index in [0.29, 0.717) is 24.4 Å². The van der Waals surface area contributed by atoms with Crippen LogP contribution < -0.4 is 0 Å². The van der Waals surface area contributed by atoms with Crippen molar-refractivity contribution < 1.29 is 47.6 Å². The Morgan fingerprint density at radius 3 is 1.44 bits per heavy atom. The predicted octanol–water partition coefficient (Wildman–Crippen LogP) is 0.791. The molecule has 0 aromatic heterocycles. The molecule has 1 saturated heterocycles. The van der Waals surface area contributed by atoms with Gasteiger partial charge >= 0.3 is 23.9 Å². The summed E-state index contributed by atoms with van der Waals surface area (Å²) < 4.78 is 33.1. The van der Waals surface area contributed by atoms with Gasteiger partial charge in [0.15, 0.2) is 0 Å². The lowest BCUT2D eigenvalue weighted by atomic mass is 9.60. The molecule has 2 saturated carbocycles. The molecular formula is C22H24O10. The summed E-state index contributed by atoms with van der Waals surface area (Å²) in [5.74, 6) is -3.27. The summed E-state index contributed by atoms with van der Waals surface area (Å²) in [5, 5.41) is 0. The van der Waals surface area contributed by atoms with Crippen molar-refractivity contribution in [3.05, 3.63) is 23.7 Å². The normalized spacial score (nSPS) is 41.2. The Balaban J connectivity index is 1.37. The first-order chi connectivity index (χ1) is 15.2. The zero-order valence-corrected chi connectivity index (χ0v) is 17.8. The number of ether oxygens (including phenoxy) is 6. The summed E-state index contributed by atoms with van der Waals surface area (Å²) in [5.41, 5.74) is -1.69. The number of hydrogen-bond donors (Lipinski definition) is 0. The number of cyclic esters (lactones) is 2. The molecule has 0 N–H and O–H groups in total. The number of hydrogen-bond acceptors (Lipinski definition) is 10. The Morgan fingerprint density at radius 2 is 1.03 bits per heavy atom. The second kappa shape index (κ2) is 7.25. The van der Waals surface area contributed by atoms with Crippen LogP contribution >= 0.6 is 0 Å². The first kappa shape index (κ1) is 20.8. The van der Waals surface area contributed by atoms with Gasteiger partial charge in [-0.1, -0.05) is 0 Å². The van der Waals surface area contributed by atoms with Gasteiger partial charge in [-0.3, -0.25) is 9.59 Å².